The molecule has 0 aliphatic rings. The Balaban J connectivity index is 2.01. The molecule has 3 aromatic rings. The monoisotopic (exact) mass is 408 g/mol. The molecule has 2 amide bonds. The summed E-state index contributed by atoms with van der Waals surface area (Å²) in [5.74, 6) is -0.231. The maximum Gasteiger partial charge on any atom is 0.251 e. The molecule has 0 aliphatic heterocycles. The molecule has 6 nitrogen and oxygen atoms in total. The van der Waals surface area contributed by atoms with Gasteiger partial charge in [0.1, 0.15) is 11.6 Å². The number of nitrogens with one attached hydrogen (secondary N) is 2. The van der Waals surface area contributed by atoms with Crippen molar-refractivity contribution in [3.63, 3.8) is 0 Å². The highest BCUT2D eigenvalue weighted by Gasteiger charge is 2.19. The molecule has 0 bridgehead atoms. The lowest BCUT2D eigenvalue weighted by atomic mass is 10.1. The molecule has 0 radical (unpaired) electrons. The zero-order chi connectivity index (χ0) is 21.8. The molecule has 3 rings (SSSR count). The van der Waals surface area contributed by atoms with Crippen LogP contribution in [0.5, 0.6) is 0 Å². The van der Waals surface area contributed by atoms with Gasteiger partial charge in [-0.2, -0.15) is 5.10 Å². The van der Waals surface area contributed by atoms with Crippen LogP contribution in [0.2, 0.25) is 0 Å². The van der Waals surface area contributed by atoms with Crippen molar-refractivity contribution in [1.82, 2.24) is 15.1 Å². The third kappa shape index (κ3) is 4.56. The van der Waals surface area contributed by atoms with Crippen molar-refractivity contribution in [2.45, 2.75) is 40.2 Å². The largest absolute Gasteiger partial charge is 0.350 e. The zero-order valence-corrected chi connectivity index (χ0v) is 17.5. The van der Waals surface area contributed by atoms with Gasteiger partial charge in [-0.1, -0.05) is 19.1 Å². The molecule has 30 heavy (non-hydrogen) atoms. The van der Waals surface area contributed by atoms with E-state index in [1.165, 1.54) is 19.1 Å². The van der Waals surface area contributed by atoms with Gasteiger partial charge in [0, 0.05) is 24.1 Å². The van der Waals surface area contributed by atoms with Crippen molar-refractivity contribution in [2.75, 3.05) is 5.32 Å². The normalized spacial score (nSPS) is 11.8. The fraction of sp³-hybridized carbons (Fsp3) is 0.261. The van der Waals surface area contributed by atoms with Crippen molar-refractivity contribution in [1.29, 1.82) is 0 Å². The van der Waals surface area contributed by atoms with Crippen LogP contribution in [0.3, 0.4) is 0 Å². The minimum atomic E-state index is -0.337. The number of carbonyl (C=O) groups excluding carboxylic acids is 2. The zero-order valence-electron chi connectivity index (χ0n) is 17.5. The first kappa shape index (κ1) is 21.2. The second-order valence-electron chi connectivity index (χ2n) is 7.24. The van der Waals surface area contributed by atoms with E-state index in [4.69, 9.17) is 0 Å². The van der Waals surface area contributed by atoms with Crippen LogP contribution < -0.4 is 10.6 Å². The Kier molecular flexibility index (Phi) is 6.30. The predicted molar refractivity (Wildman–Crippen MR) is 115 cm³/mol. The van der Waals surface area contributed by atoms with E-state index in [2.05, 4.69) is 15.7 Å². The van der Waals surface area contributed by atoms with Crippen LogP contribution in [0.4, 0.5) is 10.2 Å². The summed E-state index contributed by atoms with van der Waals surface area (Å²) in [4.78, 5) is 24.2. The third-order valence-corrected chi connectivity index (χ3v) is 4.85. The molecular formula is C23H25FN4O2. The maximum absolute atomic E-state index is 13.4. The van der Waals surface area contributed by atoms with E-state index in [1.54, 1.807) is 41.1 Å². The summed E-state index contributed by atoms with van der Waals surface area (Å²) in [5, 5.41) is 10.3. The van der Waals surface area contributed by atoms with Crippen molar-refractivity contribution < 1.29 is 14.0 Å². The maximum atomic E-state index is 13.4. The molecule has 0 spiro atoms. The number of anilines is 1. The first-order valence-electron chi connectivity index (χ1n) is 9.84. The second kappa shape index (κ2) is 8.90. The van der Waals surface area contributed by atoms with Gasteiger partial charge in [0.2, 0.25) is 5.91 Å². The average Bonchev–Trinajstić information content (AvgIpc) is 3.03. The summed E-state index contributed by atoms with van der Waals surface area (Å²) >= 11 is 0. The summed E-state index contributed by atoms with van der Waals surface area (Å²) in [6, 6.07) is 13.1. The van der Waals surface area contributed by atoms with Gasteiger partial charge in [0.15, 0.2) is 0 Å². The van der Waals surface area contributed by atoms with Crippen molar-refractivity contribution in [3.05, 3.63) is 65.6 Å². The van der Waals surface area contributed by atoms with Crippen molar-refractivity contribution >= 4 is 17.6 Å². The molecular weight excluding hydrogens is 383 g/mol. The fourth-order valence-corrected chi connectivity index (χ4v) is 3.12. The summed E-state index contributed by atoms with van der Waals surface area (Å²) in [5.41, 5.74) is 3.37. The van der Waals surface area contributed by atoms with Gasteiger partial charge in [0.25, 0.3) is 5.91 Å². The van der Waals surface area contributed by atoms with Crippen molar-refractivity contribution in [3.8, 4) is 16.8 Å². The van der Waals surface area contributed by atoms with E-state index >= 15 is 0 Å². The van der Waals surface area contributed by atoms with E-state index in [0.29, 0.717) is 28.3 Å². The number of rotatable bonds is 6. The molecule has 1 heterocycles. The molecule has 7 heteroatoms. The van der Waals surface area contributed by atoms with Gasteiger partial charge in [-0.3, -0.25) is 9.59 Å². The summed E-state index contributed by atoms with van der Waals surface area (Å²) < 4.78 is 15.0. The number of nitrogens with zero attached hydrogens (tertiary/aromatic N) is 2. The molecule has 1 aromatic heterocycles. The van der Waals surface area contributed by atoms with Crippen LogP contribution in [-0.2, 0) is 4.79 Å². The molecule has 0 saturated heterocycles. The van der Waals surface area contributed by atoms with E-state index in [0.717, 1.165) is 12.0 Å². The highest BCUT2D eigenvalue weighted by Crippen LogP contribution is 2.33. The van der Waals surface area contributed by atoms with Crippen LogP contribution in [0.15, 0.2) is 48.5 Å². The molecule has 1 atom stereocenters. The predicted octanol–water partition coefficient (Wildman–Crippen LogP) is 4.47. The first-order valence-corrected chi connectivity index (χ1v) is 9.84. The van der Waals surface area contributed by atoms with E-state index in [-0.39, 0.29) is 23.7 Å². The lowest BCUT2D eigenvalue weighted by Crippen LogP contribution is -2.31. The molecule has 2 aromatic carbocycles. The molecule has 0 saturated carbocycles. The highest BCUT2D eigenvalue weighted by atomic mass is 19.1. The van der Waals surface area contributed by atoms with Crippen LogP contribution in [0, 0.1) is 12.7 Å². The molecule has 2 N–H and O–H groups in total. The molecule has 1 unspecified atom stereocenters. The van der Waals surface area contributed by atoms with E-state index < -0.39 is 0 Å². The number of hydrogen-bond donors (Lipinski definition) is 2. The van der Waals surface area contributed by atoms with E-state index in [9.17, 15) is 14.0 Å². The lowest BCUT2D eigenvalue weighted by Gasteiger charge is -2.13. The van der Waals surface area contributed by atoms with Crippen LogP contribution in [-0.4, -0.2) is 27.6 Å². The Hall–Kier alpha value is -3.48. The number of amides is 2. The summed E-state index contributed by atoms with van der Waals surface area (Å²) in [6.45, 7) is 7.21. The minimum Gasteiger partial charge on any atom is -0.350 e. The highest BCUT2D eigenvalue weighted by molar-refractivity contribution is 5.95. The second-order valence-corrected chi connectivity index (χ2v) is 7.24. The SMILES string of the molecule is CCC(C)NC(=O)c1ccc(-n2nc(C)c(-c3ccc(F)cc3)c2NC(C)=O)cc1. The Labute approximate surface area is 175 Å². The van der Waals surface area contributed by atoms with Crippen LogP contribution in [0.1, 0.15) is 43.2 Å². The summed E-state index contributed by atoms with van der Waals surface area (Å²) in [7, 11) is 0. The number of hydrogen-bond acceptors (Lipinski definition) is 3. The van der Waals surface area contributed by atoms with E-state index in [1.807, 2.05) is 20.8 Å². The van der Waals surface area contributed by atoms with Crippen LogP contribution >= 0.6 is 0 Å². The summed E-state index contributed by atoms with van der Waals surface area (Å²) in [6.07, 6.45) is 0.850. The first-order chi connectivity index (χ1) is 14.3. The van der Waals surface area contributed by atoms with Crippen molar-refractivity contribution in [2.24, 2.45) is 0 Å². The topological polar surface area (TPSA) is 76.0 Å². The fourth-order valence-electron chi connectivity index (χ4n) is 3.12. The molecule has 0 aliphatic carbocycles. The number of carbonyl (C=O) groups is 2. The average molecular weight is 408 g/mol. The van der Waals surface area contributed by atoms with Gasteiger partial charge in [-0.25, -0.2) is 9.07 Å². The lowest BCUT2D eigenvalue weighted by molar-refractivity contribution is -0.114. The van der Waals surface area contributed by atoms with Gasteiger partial charge >= 0.3 is 0 Å². The number of halogens is 1. The van der Waals surface area contributed by atoms with Crippen LogP contribution in [0.25, 0.3) is 16.8 Å². The molecule has 156 valence electrons. The van der Waals surface area contributed by atoms with Gasteiger partial charge in [0.05, 0.1) is 11.4 Å². The Morgan fingerprint density at radius 3 is 2.30 bits per heavy atom. The number of aromatic nitrogens is 2. The Bertz CT molecular complexity index is 1060. The number of benzene rings is 2. The van der Waals surface area contributed by atoms with Gasteiger partial charge in [-0.05, 0) is 62.2 Å². The third-order valence-electron chi connectivity index (χ3n) is 4.85. The molecule has 0 fully saturated rings. The quantitative estimate of drug-likeness (QED) is 0.632. The number of aryl methyl sites for hydroxylation is 1. The van der Waals surface area contributed by atoms with Gasteiger partial charge in [-0.15, -0.1) is 0 Å². The standard InChI is InChI=1S/C23H25FN4O2/c1-5-14(2)25-23(30)18-8-12-20(13-9-18)28-22(26-16(4)29)21(15(3)27-28)17-6-10-19(24)11-7-17/h6-14H,5H2,1-4H3,(H,25,30)(H,26,29). The minimum absolute atomic E-state index is 0.0931. The van der Waals surface area contributed by atoms with Gasteiger partial charge < -0.3 is 10.6 Å². The Morgan fingerprint density at radius 2 is 1.73 bits per heavy atom. The Morgan fingerprint density at radius 1 is 1.10 bits per heavy atom. The smallest absolute Gasteiger partial charge is 0.251 e.